The van der Waals surface area contributed by atoms with Gasteiger partial charge in [0.25, 0.3) is 0 Å². The zero-order chi connectivity index (χ0) is 12.4. The van der Waals surface area contributed by atoms with Crippen molar-refractivity contribution >= 4 is 11.9 Å². The van der Waals surface area contributed by atoms with Crippen LogP contribution in [-0.4, -0.2) is 25.7 Å². The standard InChI is InChI=1S/C13H18O4/c1-8(14)17-7-12(13(15)16-2)11-6-9-3-4-10(11)5-9/h3-4,9-12H,5-7H2,1-2H3. The smallest absolute Gasteiger partial charge is 0.312 e. The molecule has 0 radical (unpaired) electrons. The lowest BCUT2D eigenvalue weighted by Crippen LogP contribution is -2.32. The van der Waals surface area contributed by atoms with Crippen molar-refractivity contribution < 1.29 is 19.1 Å². The second-order valence-corrected chi connectivity index (χ2v) is 4.88. The van der Waals surface area contributed by atoms with Gasteiger partial charge in [-0.05, 0) is 30.6 Å². The molecule has 4 unspecified atom stereocenters. The van der Waals surface area contributed by atoms with Crippen molar-refractivity contribution in [2.75, 3.05) is 13.7 Å². The quantitative estimate of drug-likeness (QED) is 0.551. The van der Waals surface area contributed by atoms with Gasteiger partial charge in [-0.25, -0.2) is 0 Å². The summed E-state index contributed by atoms with van der Waals surface area (Å²) >= 11 is 0. The van der Waals surface area contributed by atoms with Gasteiger partial charge < -0.3 is 9.47 Å². The molecule has 0 aliphatic heterocycles. The van der Waals surface area contributed by atoms with E-state index in [0.717, 1.165) is 12.8 Å². The molecule has 4 nitrogen and oxygen atoms in total. The summed E-state index contributed by atoms with van der Waals surface area (Å²) < 4.78 is 9.79. The highest BCUT2D eigenvalue weighted by molar-refractivity contribution is 5.74. The van der Waals surface area contributed by atoms with Gasteiger partial charge in [-0.1, -0.05) is 12.2 Å². The minimum absolute atomic E-state index is 0.143. The number of carbonyl (C=O) groups is 2. The molecule has 0 saturated heterocycles. The fourth-order valence-electron chi connectivity index (χ4n) is 3.01. The van der Waals surface area contributed by atoms with E-state index in [1.54, 1.807) is 0 Å². The van der Waals surface area contributed by atoms with Crippen molar-refractivity contribution in [3.05, 3.63) is 12.2 Å². The van der Waals surface area contributed by atoms with Crippen LogP contribution < -0.4 is 0 Å². The van der Waals surface area contributed by atoms with Crippen LogP contribution in [0.2, 0.25) is 0 Å². The lowest BCUT2D eigenvalue weighted by atomic mass is 9.82. The summed E-state index contributed by atoms with van der Waals surface area (Å²) in [5, 5.41) is 0. The minimum atomic E-state index is -0.349. The van der Waals surface area contributed by atoms with Gasteiger partial charge in [-0.2, -0.15) is 0 Å². The largest absolute Gasteiger partial charge is 0.469 e. The molecule has 4 atom stereocenters. The highest BCUT2D eigenvalue weighted by atomic mass is 16.5. The predicted octanol–water partition coefficient (Wildman–Crippen LogP) is 1.55. The molecule has 2 rings (SSSR count). The van der Waals surface area contributed by atoms with E-state index in [9.17, 15) is 9.59 Å². The van der Waals surface area contributed by atoms with Crippen LogP contribution in [0.5, 0.6) is 0 Å². The Balaban J connectivity index is 2.02. The second kappa shape index (κ2) is 4.90. The maximum Gasteiger partial charge on any atom is 0.312 e. The Hall–Kier alpha value is -1.32. The van der Waals surface area contributed by atoms with Crippen molar-refractivity contribution in [2.45, 2.75) is 19.8 Å². The highest BCUT2D eigenvalue weighted by Crippen LogP contribution is 2.47. The molecule has 2 aliphatic carbocycles. The molecule has 2 bridgehead atoms. The first kappa shape index (κ1) is 12.1. The van der Waals surface area contributed by atoms with Crippen LogP contribution >= 0.6 is 0 Å². The topological polar surface area (TPSA) is 52.6 Å². The van der Waals surface area contributed by atoms with Crippen molar-refractivity contribution in [3.8, 4) is 0 Å². The molecule has 17 heavy (non-hydrogen) atoms. The van der Waals surface area contributed by atoms with Crippen LogP contribution in [0.3, 0.4) is 0 Å². The first-order valence-corrected chi connectivity index (χ1v) is 6.01. The van der Waals surface area contributed by atoms with E-state index in [4.69, 9.17) is 9.47 Å². The fourth-order valence-corrected chi connectivity index (χ4v) is 3.01. The van der Waals surface area contributed by atoms with E-state index in [2.05, 4.69) is 12.2 Å². The molecule has 0 spiro atoms. The highest BCUT2D eigenvalue weighted by Gasteiger charge is 2.43. The first-order valence-electron chi connectivity index (χ1n) is 6.01. The Kier molecular flexibility index (Phi) is 3.50. The van der Waals surface area contributed by atoms with Crippen LogP contribution in [0, 0.1) is 23.7 Å². The summed E-state index contributed by atoms with van der Waals surface area (Å²) in [6.07, 6.45) is 6.53. The van der Waals surface area contributed by atoms with Crippen LogP contribution in [0.4, 0.5) is 0 Å². The SMILES string of the molecule is COC(=O)C(COC(C)=O)C1CC2C=CC1C2. The van der Waals surface area contributed by atoms with Crippen LogP contribution in [-0.2, 0) is 19.1 Å². The second-order valence-electron chi connectivity index (χ2n) is 4.88. The average Bonchev–Trinajstić information content (AvgIpc) is 2.90. The number of ether oxygens (including phenoxy) is 2. The van der Waals surface area contributed by atoms with Crippen LogP contribution in [0.15, 0.2) is 12.2 Å². The molecule has 0 aromatic carbocycles. The van der Waals surface area contributed by atoms with Crippen molar-refractivity contribution in [1.82, 2.24) is 0 Å². The zero-order valence-corrected chi connectivity index (χ0v) is 10.2. The van der Waals surface area contributed by atoms with Crippen molar-refractivity contribution in [1.29, 1.82) is 0 Å². The summed E-state index contributed by atoms with van der Waals surface area (Å²) in [7, 11) is 1.38. The molecule has 0 N–H and O–H groups in total. The van der Waals surface area contributed by atoms with Gasteiger partial charge in [0, 0.05) is 6.92 Å². The summed E-state index contributed by atoms with van der Waals surface area (Å²) in [4.78, 5) is 22.6. The summed E-state index contributed by atoms with van der Waals surface area (Å²) in [5.41, 5.74) is 0. The van der Waals surface area contributed by atoms with E-state index in [1.807, 2.05) is 0 Å². The number of esters is 2. The van der Waals surface area contributed by atoms with Crippen LogP contribution in [0.1, 0.15) is 19.8 Å². The number of methoxy groups -OCH3 is 1. The summed E-state index contributed by atoms with van der Waals surface area (Å²) in [5.74, 6) is 0.365. The van der Waals surface area contributed by atoms with Gasteiger partial charge in [-0.15, -0.1) is 0 Å². The Morgan fingerprint density at radius 2 is 2.12 bits per heavy atom. The van der Waals surface area contributed by atoms with Crippen LogP contribution in [0.25, 0.3) is 0 Å². The molecule has 0 aromatic rings. The van der Waals surface area contributed by atoms with E-state index in [0.29, 0.717) is 11.8 Å². The van der Waals surface area contributed by atoms with Gasteiger partial charge in [0.1, 0.15) is 6.61 Å². The van der Waals surface area contributed by atoms with Gasteiger partial charge in [0.05, 0.1) is 13.0 Å². The van der Waals surface area contributed by atoms with E-state index >= 15 is 0 Å². The summed E-state index contributed by atoms with van der Waals surface area (Å²) in [6, 6.07) is 0. The van der Waals surface area contributed by atoms with Gasteiger partial charge in [-0.3, -0.25) is 9.59 Å². The molecule has 0 heterocycles. The monoisotopic (exact) mass is 238 g/mol. The Morgan fingerprint density at radius 3 is 2.59 bits per heavy atom. The van der Waals surface area contributed by atoms with E-state index in [1.165, 1.54) is 14.0 Å². The predicted molar refractivity (Wildman–Crippen MR) is 61.0 cm³/mol. The molecule has 0 aromatic heterocycles. The number of hydrogen-bond donors (Lipinski definition) is 0. The van der Waals surface area contributed by atoms with Crippen molar-refractivity contribution in [2.24, 2.45) is 23.7 Å². The molecular weight excluding hydrogens is 220 g/mol. The summed E-state index contributed by atoms with van der Waals surface area (Å²) in [6.45, 7) is 1.50. The molecule has 4 heteroatoms. The lowest BCUT2D eigenvalue weighted by Gasteiger charge is -2.25. The molecule has 1 saturated carbocycles. The van der Waals surface area contributed by atoms with Gasteiger partial charge in [0.15, 0.2) is 0 Å². The Labute approximate surface area is 101 Å². The zero-order valence-electron chi connectivity index (χ0n) is 10.2. The molecule has 94 valence electrons. The number of rotatable bonds is 4. The third kappa shape index (κ3) is 2.51. The third-order valence-corrected chi connectivity index (χ3v) is 3.82. The Morgan fingerprint density at radius 1 is 1.35 bits per heavy atom. The number of allylic oxidation sites excluding steroid dienone is 2. The number of carbonyl (C=O) groups excluding carboxylic acids is 2. The lowest BCUT2D eigenvalue weighted by molar-refractivity contribution is -0.154. The minimum Gasteiger partial charge on any atom is -0.469 e. The fraction of sp³-hybridized carbons (Fsp3) is 0.692. The molecule has 2 aliphatic rings. The first-order chi connectivity index (χ1) is 8.11. The molecule has 0 amide bonds. The van der Waals surface area contributed by atoms with E-state index in [-0.39, 0.29) is 30.4 Å². The number of hydrogen-bond acceptors (Lipinski definition) is 4. The molecular formula is C13H18O4. The van der Waals surface area contributed by atoms with Crippen molar-refractivity contribution in [3.63, 3.8) is 0 Å². The maximum absolute atomic E-state index is 11.8. The van der Waals surface area contributed by atoms with E-state index < -0.39 is 0 Å². The maximum atomic E-state index is 11.8. The normalized spacial score (nSPS) is 31.3. The van der Waals surface area contributed by atoms with Gasteiger partial charge >= 0.3 is 11.9 Å². The Bertz CT molecular complexity index is 347. The number of fused-ring (bicyclic) bond motifs is 2. The third-order valence-electron chi connectivity index (χ3n) is 3.82. The average molecular weight is 238 g/mol. The van der Waals surface area contributed by atoms with Gasteiger partial charge in [0.2, 0.25) is 0 Å². The molecule has 1 fully saturated rings.